The van der Waals surface area contributed by atoms with Gasteiger partial charge < -0.3 is 5.32 Å². The SMILES string of the molecule is CC1CCCNC1CN1CC=CC1. The number of nitrogens with one attached hydrogen (secondary N) is 1. The van der Waals surface area contributed by atoms with Crippen LogP contribution in [0.25, 0.3) is 0 Å². The second-order valence-electron chi connectivity index (χ2n) is 4.37. The van der Waals surface area contributed by atoms with Crippen molar-refractivity contribution in [2.45, 2.75) is 25.8 Å². The Hall–Kier alpha value is -0.340. The van der Waals surface area contributed by atoms with E-state index in [4.69, 9.17) is 0 Å². The first-order valence-electron chi connectivity index (χ1n) is 5.47. The molecule has 2 unspecified atom stereocenters. The first-order valence-corrected chi connectivity index (χ1v) is 5.47. The van der Waals surface area contributed by atoms with Crippen LogP contribution in [0, 0.1) is 5.92 Å². The molecule has 1 saturated heterocycles. The van der Waals surface area contributed by atoms with Gasteiger partial charge in [-0.1, -0.05) is 19.1 Å². The molecule has 1 N–H and O–H groups in total. The molecular weight excluding hydrogens is 160 g/mol. The molecule has 74 valence electrons. The maximum Gasteiger partial charge on any atom is 0.0220 e. The van der Waals surface area contributed by atoms with Crippen molar-refractivity contribution in [3.05, 3.63) is 12.2 Å². The van der Waals surface area contributed by atoms with Crippen molar-refractivity contribution in [3.63, 3.8) is 0 Å². The van der Waals surface area contributed by atoms with Crippen molar-refractivity contribution < 1.29 is 0 Å². The van der Waals surface area contributed by atoms with E-state index in [-0.39, 0.29) is 0 Å². The summed E-state index contributed by atoms with van der Waals surface area (Å²) >= 11 is 0. The summed E-state index contributed by atoms with van der Waals surface area (Å²) in [5.74, 6) is 0.856. The van der Waals surface area contributed by atoms with Crippen LogP contribution >= 0.6 is 0 Å². The highest BCUT2D eigenvalue weighted by Crippen LogP contribution is 2.17. The molecule has 2 aliphatic heterocycles. The molecule has 2 aliphatic rings. The van der Waals surface area contributed by atoms with Gasteiger partial charge in [-0.2, -0.15) is 0 Å². The second-order valence-corrected chi connectivity index (χ2v) is 4.37. The normalized spacial score (nSPS) is 35.5. The third-order valence-corrected chi connectivity index (χ3v) is 3.28. The quantitative estimate of drug-likeness (QED) is 0.643. The van der Waals surface area contributed by atoms with Gasteiger partial charge in [-0.15, -0.1) is 0 Å². The smallest absolute Gasteiger partial charge is 0.0220 e. The molecule has 0 saturated carbocycles. The molecule has 0 radical (unpaired) electrons. The van der Waals surface area contributed by atoms with E-state index in [1.165, 1.54) is 25.9 Å². The summed E-state index contributed by atoms with van der Waals surface area (Å²) in [6.45, 7) is 7.14. The summed E-state index contributed by atoms with van der Waals surface area (Å²) in [6, 6.07) is 0.730. The highest BCUT2D eigenvalue weighted by atomic mass is 15.2. The van der Waals surface area contributed by atoms with E-state index in [9.17, 15) is 0 Å². The largest absolute Gasteiger partial charge is 0.312 e. The molecule has 0 aromatic rings. The van der Waals surface area contributed by atoms with Gasteiger partial charge >= 0.3 is 0 Å². The molecular formula is C11H20N2. The van der Waals surface area contributed by atoms with Gasteiger partial charge in [0.1, 0.15) is 0 Å². The molecule has 13 heavy (non-hydrogen) atoms. The Balaban J connectivity index is 1.78. The monoisotopic (exact) mass is 180 g/mol. The third kappa shape index (κ3) is 2.32. The van der Waals surface area contributed by atoms with E-state index in [2.05, 4.69) is 29.3 Å². The summed E-state index contributed by atoms with van der Waals surface area (Å²) in [4.78, 5) is 2.51. The summed E-state index contributed by atoms with van der Waals surface area (Å²) in [5, 5.41) is 3.63. The van der Waals surface area contributed by atoms with Gasteiger partial charge in [-0.25, -0.2) is 0 Å². The van der Waals surface area contributed by atoms with E-state index >= 15 is 0 Å². The average Bonchev–Trinajstić information content (AvgIpc) is 2.61. The van der Waals surface area contributed by atoms with Crippen LogP contribution in [0.4, 0.5) is 0 Å². The molecule has 1 fully saturated rings. The number of nitrogens with zero attached hydrogens (tertiary/aromatic N) is 1. The Morgan fingerprint density at radius 2 is 2.15 bits per heavy atom. The summed E-state index contributed by atoms with van der Waals surface area (Å²) in [5.41, 5.74) is 0. The van der Waals surface area contributed by atoms with Crippen LogP contribution in [0.15, 0.2) is 12.2 Å². The van der Waals surface area contributed by atoms with E-state index < -0.39 is 0 Å². The molecule has 2 rings (SSSR count). The number of hydrogen-bond acceptors (Lipinski definition) is 2. The van der Waals surface area contributed by atoms with Crippen LogP contribution in [-0.2, 0) is 0 Å². The lowest BCUT2D eigenvalue weighted by molar-refractivity contribution is 0.221. The molecule has 0 bridgehead atoms. The van der Waals surface area contributed by atoms with Crippen LogP contribution in [0.3, 0.4) is 0 Å². The van der Waals surface area contributed by atoms with Crippen molar-refractivity contribution in [2.24, 2.45) is 5.92 Å². The fourth-order valence-electron chi connectivity index (χ4n) is 2.31. The fourth-order valence-corrected chi connectivity index (χ4v) is 2.31. The first-order chi connectivity index (χ1) is 6.36. The van der Waals surface area contributed by atoms with E-state index in [1.54, 1.807) is 0 Å². The van der Waals surface area contributed by atoms with Crippen LogP contribution in [-0.4, -0.2) is 37.1 Å². The van der Waals surface area contributed by atoms with Gasteiger partial charge in [0.15, 0.2) is 0 Å². The minimum absolute atomic E-state index is 0.730. The van der Waals surface area contributed by atoms with Crippen molar-refractivity contribution in [2.75, 3.05) is 26.2 Å². The summed E-state index contributed by atoms with van der Waals surface area (Å²) < 4.78 is 0. The molecule has 2 nitrogen and oxygen atoms in total. The topological polar surface area (TPSA) is 15.3 Å². The molecule has 0 aliphatic carbocycles. The van der Waals surface area contributed by atoms with Gasteiger partial charge in [0.05, 0.1) is 0 Å². The lowest BCUT2D eigenvalue weighted by Crippen LogP contribution is -2.47. The lowest BCUT2D eigenvalue weighted by atomic mass is 9.92. The Morgan fingerprint density at radius 3 is 2.85 bits per heavy atom. The van der Waals surface area contributed by atoms with Gasteiger partial charge in [-0.05, 0) is 25.3 Å². The van der Waals surface area contributed by atoms with Crippen molar-refractivity contribution in [3.8, 4) is 0 Å². The van der Waals surface area contributed by atoms with Crippen molar-refractivity contribution >= 4 is 0 Å². The minimum atomic E-state index is 0.730. The predicted octanol–water partition coefficient (Wildman–Crippen LogP) is 1.25. The van der Waals surface area contributed by atoms with Crippen LogP contribution in [0.1, 0.15) is 19.8 Å². The first kappa shape index (κ1) is 9.22. The number of rotatable bonds is 2. The van der Waals surface area contributed by atoms with Crippen LogP contribution in [0.2, 0.25) is 0 Å². The van der Waals surface area contributed by atoms with Crippen LogP contribution < -0.4 is 5.32 Å². The maximum atomic E-state index is 3.63. The molecule has 0 aromatic heterocycles. The van der Waals surface area contributed by atoms with Gasteiger partial charge in [-0.3, -0.25) is 4.90 Å². The molecule has 0 aromatic carbocycles. The van der Waals surface area contributed by atoms with Crippen LogP contribution in [0.5, 0.6) is 0 Å². The van der Waals surface area contributed by atoms with Gasteiger partial charge in [0.25, 0.3) is 0 Å². The molecule has 2 atom stereocenters. The zero-order valence-corrected chi connectivity index (χ0v) is 8.50. The predicted molar refractivity (Wildman–Crippen MR) is 55.8 cm³/mol. The van der Waals surface area contributed by atoms with E-state index in [0.717, 1.165) is 25.0 Å². The Bertz CT molecular complexity index is 181. The Labute approximate surface area is 81.0 Å². The van der Waals surface area contributed by atoms with Gasteiger partial charge in [0, 0.05) is 25.7 Å². The van der Waals surface area contributed by atoms with Crippen molar-refractivity contribution in [1.82, 2.24) is 10.2 Å². The minimum Gasteiger partial charge on any atom is -0.312 e. The summed E-state index contributed by atoms with van der Waals surface area (Å²) in [7, 11) is 0. The zero-order valence-electron chi connectivity index (χ0n) is 8.50. The molecule has 2 heteroatoms. The Morgan fingerprint density at radius 1 is 1.38 bits per heavy atom. The lowest BCUT2D eigenvalue weighted by Gasteiger charge is -2.33. The van der Waals surface area contributed by atoms with E-state index in [1.807, 2.05) is 0 Å². The molecule has 0 amide bonds. The highest BCUT2D eigenvalue weighted by Gasteiger charge is 2.22. The molecule has 0 spiro atoms. The number of piperidine rings is 1. The standard InChI is InChI=1S/C11H20N2/c1-10-5-4-6-12-11(10)9-13-7-2-3-8-13/h2-3,10-12H,4-9H2,1H3. The maximum absolute atomic E-state index is 3.63. The second kappa shape index (κ2) is 4.25. The third-order valence-electron chi connectivity index (χ3n) is 3.28. The average molecular weight is 180 g/mol. The van der Waals surface area contributed by atoms with Crippen molar-refractivity contribution in [1.29, 1.82) is 0 Å². The van der Waals surface area contributed by atoms with E-state index in [0.29, 0.717) is 0 Å². The zero-order chi connectivity index (χ0) is 9.10. The fraction of sp³-hybridized carbons (Fsp3) is 0.818. The highest BCUT2D eigenvalue weighted by molar-refractivity contribution is 4.97. The molecule has 2 heterocycles. The van der Waals surface area contributed by atoms with Gasteiger partial charge in [0.2, 0.25) is 0 Å². The Kier molecular flexibility index (Phi) is 3.01. The summed E-state index contributed by atoms with van der Waals surface area (Å²) in [6.07, 6.45) is 7.30. The number of hydrogen-bond donors (Lipinski definition) is 1.